The molecule has 0 spiro atoms. The highest BCUT2D eigenvalue weighted by molar-refractivity contribution is 8.76. The summed E-state index contributed by atoms with van der Waals surface area (Å²) in [4.78, 5) is 223. The molecule has 29 nitrogen and oxygen atoms in total. The van der Waals surface area contributed by atoms with Crippen LogP contribution in [0.5, 0.6) is 0 Å². The van der Waals surface area contributed by atoms with Crippen LogP contribution in [-0.4, -0.2) is 195 Å². The quantitative estimate of drug-likeness (QED) is 0.0695. The van der Waals surface area contributed by atoms with Gasteiger partial charge in [-0.2, -0.15) is 0 Å². The number of allylic oxidation sites excluding steroid dienone is 1. The summed E-state index contributed by atoms with van der Waals surface area (Å²) in [7, 11) is 2.03. The molecule has 4 aliphatic heterocycles. The van der Waals surface area contributed by atoms with Gasteiger partial charge in [0, 0.05) is 145 Å². The summed E-state index contributed by atoms with van der Waals surface area (Å²) in [5, 5.41) is 40.0. The average molecular weight is 1480 g/mol. The van der Waals surface area contributed by atoms with Crippen LogP contribution in [-0.2, 0) is 92.8 Å². The maximum atomic E-state index is 15.6. The summed E-state index contributed by atoms with van der Waals surface area (Å²) >= 11 is 1.19. The number of amides is 8. The third-order valence-corrected chi connectivity index (χ3v) is 22.3. The van der Waals surface area contributed by atoms with Gasteiger partial charge in [0.25, 0.3) is 0 Å². The number of benzene rings is 3. The Labute approximate surface area is 608 Å². The van der Waals surface area contributed by atoms with Crippen molar-refractivity contribution in [3.63, 3.8) is 0 Å². The van der Waals surface area contributed by atoms with E-state index in [1.807, 2.05) is 18.2 Å². The number of fused-ring (bicyclic) bond motifs is 8. The molecule has 10 rings (SSSR count). The third-order valence-electron chi connectivity index (χ3n) is 18.8. The number of aromatic amines is 3. The number of Topliss-reactive ketones (excluding diaryl/α,β-unsaturated/α-hetero) is 4. The van der Waals surface area contributed by atoms with Crippen molar-refractivity contribution >= 4 is 144 Å². The lowest BCUT2D eigenvalue weighted by molar-refractivity contribution is -0.144. The Kier molecular flexibility index (Phi) is 26.3. The maximum absolute atomic E-state index is 15.6. The molecular formula is C72H81N13O16S3. The van der Waals surface area contributed by atoms with Crippen LogP contribution in [0, 0.1) is 23.7 Å². The third kappa shape index (κ3) is 20.4. The first kappa shape index (κ1) is 76.4. The van der Waals surface area contributed by atoms with Gasteiger partial charge in [-0.1, -0.05) is 101 Å². The number of imidazole rings is 1. The maximum Gasteiger partial charge on any atom is 0.305 e. The van der Waals surface area contributed by atoms with Crippen LogP contribution in [0.1, 0.15) is 87.6 Å². The highest BCUT2D eigenvalue weighted by atomic mass is 33.1. The molecular weight excluding hydrogens is 1400 g/mol. The molecule has 0 radical (unpaired) electrons. The van der Waals surface area contributed by atoms with Crippen LogP contribution in [0.2, 0.25) is 0 Å². The Balaban J connectivity index is 1.08. The largest absolute Gasteiger partial charge is 0.481 e. The molecule has 2 bridgehead atoms. The lowest BCUT2D eigenvalue weighted by Crippen LogP contribution is -2.61. The normalized spacial score (nSPS) is 26.1. The molecule has 6 aromatic rings. The number of nitrogens with one attached hydrogen (secondary N) is 10. The van der Waals surface area contributed by atoms with Crippen molar-refractivity contribution in [3.8, 4) is 0 Å². The average Bonchev–Trinajstić information content (AvgIpc) is 1.63. The number of rotatable bonds is 14. The van der Waals surface area contributed by atoms with E-state index < -0.39 is 193 Å². The van der Waals surface area contributed by atoms with Gasteiger partial charge in [0.05, 0.1) is 42.7 Å². The van der Waals surface area contributed by atoms with Crippen molar-refractivity contribution in [2.45, 2.75) is 139 Å². The first-order valence-electron chi connectivity index (χ1n) is 34.1. The van der Waals surface area contributed by atoms with E-state index in [1.165, 1.54) is 43.0 Å². The molecule has 32 heteroatoms. The molecule has 0 aliphatic carbocycles. The standard InChI is InChI=1S/C72H81N13O16S3/c1-38-19-60(87)45-25-61(88)41(21-43-30-75-50-16-8-6-14-48(43)50)23-62(89)52(27-46-13-10-18-74-46)79-68(97)53(20-40-11-4-3-5-12-40)82-70(99)55(28-47-32-73-36-77-47)83-71(100)58-35-102-37-85(58)72(101)57(34-104-103-33-45)84-69(98)54(22-44-31-76-51-17-9-7-15-49(44)51)80-65(94)39(2)78-67(96)56(29-64(92)93)81-66(95)42(24-59(38)86)26-63(90)91/h3-9,11-18,30-32,36,38-39,41-42,45,52-58,75-76H,10,19-29,33-35,37H2,1-2H3,(H,73,77)(H,78,96)(H,79,97)(H,80,94)(H,81,95)(H,82,99)(H,83,100)(H,84,98)(H,90,91)(H,92,93)/t38-,39+,41-,42+,45+,52+,53-,54+,55+,56+,57+,58+/m1/s1. The number of para-hydroxylation sites is 2. The predicted octanol–water partition coefficient (Wildman–Crippen LogP) is 3.39. The van der Waals surface area contributed by atoms with E-state index in [0.29, 0.717) is 50.9 Å². The number of aromatic nitrogens is 4. The van der Waals surface area contributed by atoms with E-state index in [2.05, 4.69) is 62.1 Å². The van der Waals surface area contributed by atoms with Crippen molar-refractivity contribution < 1.29 is 77.3 Å². The summed E-state index contributed by atoms with van der Waals surface area (Å²) in [5.74, 6) is -19.5. The number of hydrogen-bond donors (Lipinski definition) is 12. The number of carbonyl (C=O) groups is 14. The number of ketones is 4. The van der Waals surface area contributed by atoms with Gasteiger partial charge in [0.1, 0.15) is 59.6 Å². The van der Waals surface area contributed by atoms with Gasteiger partial charge in [-0.3, -0.25) is 72.1 Å². The minimum absolute atomic E-state index is 0.00800. The molecule has 3 aromatic carbocycles. The summed E-state index contributed by atoms with van der Waals surface area (Å²) in [6, 6.07) is 10.8. The molecule has 0 saturated carbocycles. The lowest BCUT2D eigenvalue weighted by Gasteiger charge is -2.30. The highest BCUT2D eigenvalue weighted by Crippen LogP contribution is 2.33. The van der Waals surface area contributed by atoms with E-state index in [4.69, 9.17) is 0 Å². The highest BCUT2D eigenvalue weighted by Gasteiger charge is 2.43. The number of carboxylic acid groups (broad SMARTS) is 2. The molecule has 12 N–H and O–H groups in total. The number of aliphatic imine (C=N–C) groups is 1. The molecule has 3 saturated heterocycles. The summed E-state index contributed by atoms with van der Waals surface area (Å²) in [6.07, 6.45) is 4.73. The number of carboxylic acids is 2. The van der Waals surface area contributed by atoms with Gasteiger partial charge in [0.15, 0.2) is 5.78 Å². The molecule has 3 aromatic heterocycles. The number of nitrogens with zero attached hydrogens (tertiary/aromatic N) is 3. The summed E-state index contributed by atoms with van der Waals surface area (Å²) < 4.78 is 0. The van der Waals surface area contributed by atoms with Crippen LogP contribution in [0.15, 0.2) is 121 Å². The Morgan fingerprint density at radius 1 is 0.519 bits per heavy atom. The zero-order chi connectivity index (χ0) is 74.1. The zero-order valence-electron chi connectivity index (χ0n) is 56.9. The van der Waals surface area contributed by atoms with Crippen LogP contribution < -0.4 is 37.2 Å². The first-order valence-corrected chi connectivity index (χ1v) is 37.7. The first-order chi connectivity index (χ1) is 49.9. The summed E-state index contributed by atoms with van der Waals surface area (Å²) in [5.41, 5.74) is 3.90. The molecule has 4 aliphatic rings. The molecule has 7 heterocycles. The Morgan fingerprint density at radius 2 is 1.11 bits per heavy atom. The van der Waals surface area contributed by atoms with E-state index in [-0.39, 0.29) is 55.2 Å². The minimum atomic E-state index is -1.96. The van der Waals surface area contributed by atoms with E-state index in [9.17, 15) is 39.0 Å². The fourth-order valence-corrected chi connectivity index (χ4v) is 16.6. The Morgan fingerprint density at radius 3 is 1.77 bits per heavy atom. The number of aliphatic carboxylic acids is 2. The SMILES string of the molecule is C[C@@H]1CC(=O)[C@@H]2CSSC[C@H](NC(=O)[C@H](Cc3c[nH]c4ccccc34)NC(=O)[C@H](C)NC(=O)[C@H](CC(=O)O)NC(=O)[C@H](CC(=O)O)CC1=O)C(=O)N1CSC[C@H]1C(=O)N[C@@H](Cc1c[nH]cn1)C(=O)N[C@H](Cc1ccccc1)C(=O)N[C@@H](CC1=CCC=N1)C(=O)C[C@@H](Cc1c[nH]c3ccccc13)C(=O)C2. The number of thioether (sulfide) groups is 1. The Bertz CT molecular complexity index is 4290. The molecule has 12 atom stereocenters. The molecule has 3 fully saturated rings. The number of carbonyl (C=O) groups excluding carboxylic acids is 12. The van der Waals surface area contributed by atoms with Crippen molar-refractivity contribution in [1.82, 2.24) is 62.1 Å². The lowest BCUT2D eigenvalue weighted by atomic mass is 9.82. The Hall–Kier alpha value is -10.2. The molecule has 104 heavy (non-hydrogen) atoms. The van der Waals surface area contributed by atoms with E-state index in [0.717, 1.165) is 27.0 Å². The number of H-pyrrole nitrogens is 3. The number of hydrogen-bond acceptors (Lipinski definition) is 19. The zero-order valence-corrected chi connectivity index (χ0v) is 59.3. The predicted molar refractivity (Wildman–Crippen MR) is 387 cm³/mol. The van der Waals surface area contributed by atoms with Gasteiger partial charge in [0.2, 0.25) is 47.3 Å². The minimum Gasteiger partial charge on any atom is -0.481 e. The van der Waals surface area contributed by atoms with Crippen LogP contribution >= 0.6 is 33.3 Å². The fraction of sp³-hybridized carbons (Fsp3) is 0.417. The van der Waals surface area contributed by atoms with Gasteiger partial charge in [-0.25, -0.2) is 4.98 Å². The van der Waals surface area contributed by atoms with E-state index in [1.54, 1.807) is 85.3 Å². The molecule has 548 valence electrons. The smallest absolute Gasteiger partial charge is 0.305 e. The monoisotopic (exact) mass is 1480 g/mol. The second-order valence-corrected chi connectivity index (χ2v) is 29.9. The second-order valence-electron chi connectivity index (χ2n) is 26.4. The van der Waals surface area contributed by atoms with Crippen LogP contribution in [0.3, 0.4) is 0 Å². The van der Waals surface area contributed by atoms with Crippen LogP contribution in [0.25, 0.3) is 21.8 Å². The van der Waals surface area contributed by atoms with E-state index >= 15 is 38.4 Å². The molecule has 8 amide bonds. The van der Waals surface area contributed by atoms with Gasteiger partial charge in [-0.15, -0.1) is 11.8 Å². The summed E-state index contributed by atoms with van der Waals surface area (Å²) in [6.45, 7) is 2.58. The molecule has 0 unspecified atom stereocenters. The van der Waals surface area contributed by atoms with Crippen molar-refractivity contribution in [3.05, 3.63) is 138 Å². The topological polar surface area (TPSA) is 440 Å². The van der Waals surface area contributed by atoms with Gasteiger partial charge in [-0.05, 0) is 42.2 Å². The van der Waals surface area contributed by atoms with Gasteiger partial charge < -0.3 is 67.3 Å². The van der Waals surface area contributed by atoms with Crippen molar-refractivity contribution in [1.29, 1.82) is 0 Å². The fourth-order valence-electron chi connectivity index (χ4n) is 13.0. The van der Waals surface area contributed by atoms with Crippen LogP contribution in [0.4, 0.5) is 0 Å². The van der Waals surface area contributed by atoms with Crippen molar-refractivity contribution in [2.75, 3.05) is 23.1 Å². The second kappa shape index (κ2) is 35.8. The van der Waals surface area contributed by atoms with Gasteiger partial charge >= 0.3 is 11.9 Å². The van der Waals surface area contributed by atoms with Crippen molar-refractivity contribution in [2.24, 2.45) is 28.7 Å².